The Morgan fingerprint density at radius 1 is 1.12 bits per heavy atom. The smallest absolute Gasteiger partial charge is 0.261 e. The summed E-state index contributed by atoms with van der Waals surface area (Å²) in [4.78, 5) is 12.8. The fraction of sp³-hybridized carbons (Fsp3) is 0.381. The standard InChI is InChI=1S/C21H26ClNO2/c1-4-20(25-18-12-8-11-17(22)14-18)21(24)23-19(13-15(2)3)16-9-6-5-7-10-16/h5-12,14-15,19-20H,4,13H2,1-3H3,(H,23,24)/t19-,20-/m1/s1. The summed E-state index contributed by atoms with van der Waals surface area (Å²) in [5, 5.41) is 3.75. The highest BCUT2D eigenvalue weighted by Gasteiger charge is 2.23. The molecule has 1 amide bonds. The average molecular weight is 360 g/mol. The summed E-state index contributed by atoms with van der Waals surface area (Å²) < 4.78 is 5.85. The Labute approximate surface area is 155 Å². The number of nitrogens with one attached hydrogen (secondary N) is 1. The predicted octanol–water partition coefficient (Wildman–Crippen LogP) is 5.40. The van der Waals surface area contributed by atoms with Gasteiger partial charge in [-0.1, -0.05) is 68.8 Å². The predicted molar refractivity (Wildman–Crippen MR) is 103 cm³/mol. The lowest BCUT2D eigenvalue weighted by atomic mass is 9.96. The molecule has 0 aliphatic carbocycles. The van der Waals surface area contributed by atoms with Gasteiger partial charge in [-0.05, 0) is 42.5 Å². The minimum Gasteiger partial charge on any atom is -0.481 e. The first kappa shape index (κ1) is 19.3. The molecule has 2 atom stereocenters. The van der Waals surface area contributed by atoms with Crippen LogP contribution in [0.1, 0.15) is 45.2 Å². The number of halogens is 1. The molecule has 0 fully saturated rings. The lowest BCUT2D eigenvalue weighted by molar-refractivity contribution is -0.129. The molecular weight excluding hydrogens is 334 g/mol. The number of rotatable bonds is 8. The van der Waals surface area contributed by atoms with E-state index in [-0.39, 0.29) is 11.9 Å². The molecule has 2 aromatic carbocycles. The quantitative estimate of drug-likeness (QED) is 0.685. The van der Waals surface area contributed by atoms with Gasteiger partial charge in [-0.2, -0.15) is 0 Å². The van der Waals surface area contributed by atoms with Crippen LogP contribution in [0.25, 0.3) is 0 Å². The number of carbonyl (C=O) groups is 1. The van der Waals surface area contributed by atoms with E-state index in [0.717, 1.165) is 12.0 Å². The van der Waals surface area contributed by atoms with Crippen molar-refractivity contribution >= 4 is 17.5 Å². The number of benzene rings is 2. The van der Waals surface area contributed by atoms with Gasteiger partial charge >= 0.3 is 0 Å². The van der Waals surface area contributed by atoms with E-state index in [1.54, 1.807) is 12.1 Å². The van der Waals surface area contributed by atoms with E-state index in [2.05, 4.69) is 19.2 Å². The maximum atomic E-state index is 12.8. The van der Waals surface area contributed by atoms with Gasteiger partial charge in [0.1, 0.15) is 5.75 Å². The van der Waals surface area contributed by atoms with Crippen molar-refractivity contribution < 1.29 is 9.53 Å². The van der Waals surface area contributed by atoms with Crippen molar-refractivity contribution in [1.82, 2.24) is 5.32 Å². The summed E-state index contributed by atoms with van der Waals surface area (Å²) in [5.41, 5.74) is 1.11. The fourth-order valence-corrected chi connectivity index (χ4v) is 2.91. The monoisotopic (exact) mass is 359 g/mol. The molecule has 2 aromatic rings. The second-order valence-corrected chi connectivity index (χ2v) is 7.01. The average Bonchev–Trinajstić information content (AvgIpc) is 2.59. The van der Waals surface area contributed by atoms with Crippen LogP contribution in [0.5, 0.6) is 5.75 Å². The first-order chi connectivity index (χ1) is 12.0. The van der Waals surface area contributed by atoms with Crippen LogP contribution in [0, 0.1) is 5.92 Å². The molecule has 0 spiro atoms. The number of carbonyl (C=O) groups excluding carboxylic acids is 1. The second-order valence-electron chi connectivity index (χ2n) is 6.57. The lowest BCUT2D eigenvalue weighted by Crippen LogP contribution is -2.40. The van der Waals surface area contributed by atoms with Crippen molar-refractivity contribution in [1.29, 1.82) is 0 Å². The molecule has 0 radical (unpaired) electrons. The van der Waals surface area contributed by atoms with Crippen LogP contribution in [0.2, 0.25) is 5.02 Å². The van der Waals surface area contributed by atoms with Crippen LogP contribution in [0.4, 0.5) is 0 Å². The van der Waals surface area contributed by atoms with Gasteiger partial charge in [-0.3, -0.25) is 4.79 Å². The molecule has 2 rings (SSSR count). The summed E-state index contributed by atoms with van der Waals surface area (Å²) in [6.45, 7) is 6.25. The van der Waals surface area contributed by atoms with Crippen molar-refractivity contribution in [2.75, 3.05) is 0 Å². The largest absolute Gasteiger partial charge is 0.481 e. The van der Waals surface area contributed by atoms with E-state index < -0.39 is 6.10 Å². The van der Waals surface area contributed by atoms with E-state index in [9.17, 15) is 4.79 Å². The van der Waals surface area contributed by atoms with Gasteiger partial charge in [-0.25, -0.2) is 0 Å². The molecule has 0 saturated carbocycles. The SMILES string of the molecule is CC[C@@H](Oc1cccc(Cl)c1)C(=O)N[C@H](CC(C)C)c1ccccc1. The molecular formula is C21H26ClNO2. The minimum atomic E-state index is -0.545. The van der Waals surface area contributed by atoms with E-state index in [1.165, 1.54) is 0 Å². The Morgan fingerprint density at radius 3 is 2.44 bits per heavy atom. The zero-order chi connectivity index (χ0) is 18.2. The van der Waals surface area contributed by atoms with Crippen LogP contribution in [-0.4, -0.2) is 12.0 Å². The third-order valence-electron chi connectivity index (χ3n) is 3.96. The molecule has 0 aromatic heterocycles. The van der Waals surface area contributed by atoms with Crippen LogP contribution in [0.3, 0.4) is 0 Å². The van der Waals surface area contributed by atoms with Gasteiger partial charge in [0.05, 0.1) is 6.04 Å². The van der Waals surface area contributed by atoms with Crippen LogP contribution >= 0.6 is 11.6 Å². The Balaban J connectivity index is 2.09. The van der Waals surface area contributed by atoms with Gasteiger partial charge in [0.2, 0.25) is 0 Å². The lowest BCUT2D eigenvalue weighted by Gasteiger charge is -2.24. The highest BCUT2D eigenvalue weighted by Crippen LogP contribution is 2.23. The van der Waals surface area contributed by atoms with Gasteiger partial charge in [-0.15, -0.1) is 0 Å². The van der Waals surface area contributed by atoms with Crippen molar-refractivity contribution in [3.05, 3.63) is 65.2 Å². The summed E-state index contributed by atoms with van der Waals surface area (Å²) in [7, 11) is 0. The summed E-state index contributed by atoms with van der Waals surface area (Å²) in [6.07, 6.45) is 0.919. The third kappa shape index (κ3) is 6.09. The zero-order valence-electron chi connectivity index (χ0n) is 15.0. The van der Waals surface area contributed by atoms with Crippen LogP contribution in [0.15, 0.2) is 54.6 Å². The fourth-order valence-electron chi connectivity index (χ4n) is 2.73. The molecule has 0 bridgehead atoms. The summed E-state index contributed by atoms with van der Waals surface area (Å²) in [5.74, 6) is 0.978. The first-order valence-corrected chi connectivity index (χ1v) is 9.15. The molecule has 1 N–H and O–H groups in total. The highest BCUT2D eigenvalue weighted by molar-refractivity contribution is 6.30. The molecule has 0 heterocycles. The second kappa shape index (κ2) is 9.47. The normalized spacial score (nSPS) is 13.3. The van der Waals surface area contributed by atoms with Crippen molar-refractivity contribution in [3.8, 4) is 5.75 Å². The molecule has 4 heteroatoms. The Kier molecular flexibility index (Phi) is 7.32. The maximum absolute atomic E-state index is 12.8. The summed E-state index contributed by atoms with van der Waals surface area (Å²) >= 11 is 5.99. The van der Waals surface area contributed by atoms with Crippen LogP contribution in [-0.2, 0) is 4.79 Å². The Hall–Kier alpha value is -2.00. The third-order valence-corrected chi connectivity index (χ3v) is 4.20. The van der Waals surface area contributed by atoms with Gasteiger partial charge in [0.25, 0.3) is 5.91 Å². The Bertz CT molecular complexity index is 673. The van der Waals surface area contributed by atoms with Crippen molar-refractivity contribution in [2.45, 2.75) is 45.8 Å². The molecule has 3 nitrogen and oxygen atoms in total. The van der Waals surface area contributed by atoms with E-state index in [4.69, 9.17) is 16.3 Å². The number of hydrogen-bond donors (Lipinski definition) is 1. The minimum absolute atomic E-state index is 0.0225. The van der Waals surface area contributed by atoms with Crippen LogP contribution < -0.4 is 10.1 Å². The number of ether oxygens (including phenoxy) is 1. The van der Waals surface area contributed by atoms with Gasteiger partial charge in [0.15, 0.2) is 6.10 Å². The molecule has 25 heavy (non-hydrogen) atoms. The van der Waals surface area contributed by atoms with E-state index in [0.29, 0.717) is 23.1 Å². The molecule has 134 valence electrons. The number of amides is 1. The topological polar surface area (TPSA) is 38.3 Å². The van der Waals surface area contributed by atoms with E-state index in [1.807, 2.05) is 49.4 Å². The van der Waals surface area contributed by atoms with Crippen molar-refractivity contribution in [2.24, 2.45) is 5.92 Å². The van der Waals surface area contributed by atoms with Gasteiger partial charge < -0.3 is 10.1 Å². The molecule has 0 unspecified atom stereocenters. The molecule has 0 aliphatic heterocycles. The Morgan fingerprint density at radius 2 is 1.84 bits per heavy atom. The molecule has 0 aliphatic rings. The first-order valence-electron chi connectivity index (χ1n) is 8.77. The summed E-state index contributed by atoms with van der Waals surface area (Å²) in [6, 6.07) is 17.2. The number of hydrogen-bond acceptors (Lipinski definition) is 2. The van der Waals surface area contributed by atoms with Gasteiger partial charge in [0, 0.05) is 5.02 Å². The zero-order valence-corrected chi connectivity index (χ0v) is 15.8. The maximum Gasteiger partial charge on any atom is 0.261 e. The van der Waals surface area contributed by atoms with E-state index >= 15 is 0 Å². The molecule has 0 saturated heterocycles. The van der Waals surface area contributed by atoms with Crippen molar-refractivity contribution in [3.63, 3.8) is 0 Å². The highest BCUT2D eigenvalue weighted by atomic mass is 35.5.